The first-order chi connectivity index (χ1) is 9.27. The number of esters is 1. The van der Waals surface area contributed by atoms with Gasteiger partial charge in [0.05, 0.1) is 19.4 Å². The SMILES string of the molecule is CCOC(=O)CCN(C)C(=O)N[C@H](CC(=O)O)C(=O)O. The van der Waals surface area contributed by atoms with E-state index in [2.05, 4.69) is 10.1 Å². The second-order valence-corrected chi connectivity index (χ2v) is 3.91. The van der Waals surface area contributed by atoms with Crippen LogP contribution in [-0.2, 0) is 19.1 Å². The summed E-state index contributed by atoms with van der Waals surface area (Å²) in [7, 11) is 1.36. The van der Waals surface area contributed by atoms with Crippen molar-refractivity contribution < 1.29 is 34.1 Å². The highest BCUT2D eigenvalue weighted by Crippen LogP contribution is 1.97. The molecule has 2 amide bonds. The maximum absolute atomic E-state index is 11.6. The molecule has 9 nitrogen and oxygen atoms in total. The van der Waals surface area contributed by atoms with E-state index < -0.39 is 36.4 Å². The normalized spacial score (nSPS) is 11.3. The Kier molecular flexibility index (Phi) is 7.71. The number of carbonyl (C=O) groups is 4. The molecule has 0 aromatic rings. The Hall–Kier alpha value is -2.32. The van der Waals surface area contributed by atoms with Gasteiger partial charge in [-0.1, -0.05) is 0 Å². The molecule has 0 spiro atoms. The van der Waals surface area contributed by atoms with Crippen molar-refractivity contribution in [1.29, 1.82) is 0 Å². The molecule has 20 heavy (non-hydrogen) atoms. The van der Waals surface area contributed by atoms with E-state index in [1.807, 2.05) is 0 Å². The van der Waals surface area contributed by atoms with E-state index in [1.165, 1.54) is 7.05 Å². The molecule has 0 bridgehead atoms. The molecule has 0 aliphatic rings. The number of hydrogen-bond donors (Lipinski definition) is 3. The number of ether oxygens (including phenoxy) is 1. The van der Waals surface area contributed by atoms with Gasteiger partial charge < -0.3 is 25.2 Å². The molecular formula is C11H18N2O7. The van der Waals surface area contributed by atoms with Crippen LogP contribution in [0.25, 0.3) is 0 Å². The third kappa shape index (κ3) is 7.19. The predicted molar refractivity (Wildman–Crippen MR) is 66.1 cm³/mol. The molecule has 0 aliphatic carbocycles. The Morgan fingerprint density at radius 1 is 1.25 bits per heavy atom. The van der Waals surface area contributed by atoms with E-state index >= 15 is 0 Å². The number of urea groups is 1. The Morgan fingerprint density at radius 3 is 2.30 bits per heavy atom. The number of rotatable bonds is 8. The number of hydrogen-bond acceptors (Lipinski definition) is 5. The van der Waals surface area contributed by atoms with Gasteiger partial charge in [-0.05, 0) is 6.92 Å². The molecule has 0 saturated carbocycles. The van der Waals surface area contributed by atoms with Crippen LogP contribution in [0.5, 0.6) is 0 Å². The van der Waals surface area contributed by atoms with Gasteiger partial charge in [-0.3, -0.25) is 9.59 Å². The third-order valence-electron chi connectivity index (χ3n) is 2.28. The topological polar surface area (TPSA) is 133 Å². The molecule has 9 heteroatoms. The van der Waals surface area contributed by atoms with Gasteiger partial charge in [-0.25, -0.2) is 9.59 Å². The maximum atomic E-state index is 11.6. The van der Waals surface area contributed by atoms with Crippen molar-refractivity contribution in [2.75, 3.05) is 20.2 Å². The van der Waals surface area contributed by atoms with Gasteiger partial charge in [0.25, 0.3) is 0 Å². The lowest BCUT2D eigenvalue weighted by atomic mass is 10.2. The number of carboxylic acid groups (broad SMARTS) is 2. The van der Waals surface area contributed by atoms with Crippen LogP contribution in [0, 0.1) is 0 Å². The first-order valence-electron chi connectivity index (χ1n) is 5.89. The van der Waals surface area contributed by atoms with Gasteiger partial charge in [-0.2, -0.15) is 0 Å². The molecule has 0 saturated heterocycles. The van der Waals surface area contributed by atoms with Crippen molar-refractivity contribution in [3.8, 4) is 0 Å². The lowest BCUT2D eigenvalue weighted by molar-refractivity contribution is -0.145. The molecule has 0 aromatic carbocycles. The van der Waals surface area contributed by atoms with Crippen molar-refractivity contribution in [3.05, 3.63) is 0 Å². The molecule has 0 radical (unpaired) electrons. The average Bonchev–Trinajstić information content (AvgIpc) is 2.34. The number of carbonyl (C=O) groups excluding carboxylic acids is 2. The van der Waals surface area contributed by atoms with Crippen LogP contribution in [0.4, 0.5) is 4.79 Å². The molecule has 0 aliphatic heterocycles. The quantitative estimate of drug-likeness (QED) is 0.513. The van der Waals surface area contributed by atoms with Gasteiger partial charge in [0.2, 0.25) is 0 Å². The average molecular weight is 290 g/mol. The molecule has 0 unspecified atom stereocenters. The molecule has 0 fully saturated rings. The molecule has 0 aromatic heterocycles. The number of nitrogens with one attached hydrogen (secondary N) is 1. The zero-order valence-electron chi connectivity index (χ0n) is 11.3. The fraction of sp³-hybridized carbons (Fsp3) is 0.636. The lowest BCUT2D eigenvalue weighted by Crippen LogP contribution is -2.48. The van der Waals surface area contributed by atoms with Crippen LogP contribution >= 0.6 is 0 Å². The molecular weight excluding hydrogens is 272 g/mol. The Balaban J connectivity index is 4.31. The minimum Gasteiger partial charge on any atom is -0.481 e. The summed E-state index contributed by atoms with van der Waals surface area (Å²) < 4.78 is 4.67. The van der Waals surface area contributed by atoms with E-state index in [4.69, 9.17) is 10.2 Å². The summed E-state index contributed by atoms with van der Waals surface area (Å²) in [5.74, 6) is -3.26. The van der Waals surface area contributed by atoms with E-state index in [1.54, 1.807) is 6.92 Å². The first kappa shape index (κ1) is 17.7. The summed E-state index contributed by atoms with van der Waals surface area (Å²) >= 11 is 0. The van der Waals surface area contributed by atoms with Gasteiger partial charge in [0, 0.05) is 13.6 Å². The molecule has 3 N–H and O–H groups in total. The highest BCUT2D eigenvalue weighted by Gasteiger charge is 2.24. The number of carboxylic acids is 2. The smallest absolute Gasteiger partial charge is 0.326 e. The van der Waals surface area contributed by atoms with Gasteiger partial charge in [0.15, 0.2) is 0 Å². The summed E-state index contributed by atoms with van der Waals surface area (Å²) in [6.45, 7) is 1.91. The first-order valence-corrected chi connectivity index (χ1v) is 5.89. The molecule has 114 valence electrons. The van der Waals surface area contributed by atoms with Crippen molar-refractivity contribution in [3.63, 3.8) is 0 Å². The summed E-state index contributed by atoms with van der Waals surface area (Å²) in [5, 5.41) is 19.4. The zero-order chi connectivity index (χ0) is 15.7. The van der Waals surface area contributed by atoms with Crippen LogP contribution < -0.4 is 5.32 Å². The van der Waals surface area contributed by atoms with Crippen molar-refractivity contribution >= 4 is 23.9 Å². The van der Waals surface area contributed by atoms with Crippen molar-refractivity contribution in [1.82, 2.24) is 10.2 Å². The lowest BCUT2D eigenvalue weighted by Gasteiger charge is -2.20. The minimum atomic E-state index is -1.52. The summed E-state index contributed by atoms with van der Waals surface area (Å²) in [6, 6.07) is -2.30. The monoisotopic (exact) mass is 290 g/mol. The van der Waals surface area contributed by atoms with Gasteiger partial charge in [-0.15, -0.1) is 0 Å². The summed E-state index contributed by atoms with van der Waals surface area (Å²) in [6.07, 6.45) is -0.763. The number of aliphatic carboxylic acids is 2. The van der Waals surface area contributed by atoms with E-state index in [-0.39, 0.29) is 19.6 Å². The number of nitrogens with zero attached hydrogens (tertiary/aromatic N) is 1. The minimum absolute atomic E-state index is 0.0318. The molecule has 0 rings (SSSR count). The summed E-state index contributed by atoms with van der Waals surface area (Å²) in [4.78, 5) is 45.0. The molecule has 0 heterocycles. The predicted octanol–water partition coefficient (Wildman–Crippen LogP) is -0.491. The highest BCUT2D eigenvalue weighted by atomic mass is 16.5. The van der Waals surface area contributed by atoms with Crippen LogP contribution in [0.15, 0.2) is 0 Å². The zero-order valence-corrected chi connectivity index (χ0v) is 11.3. The molecule has 1 atom stereocenters. The van der Waals surface area contributed by atoms with Crippen LogP contribution in [0.1, 0.15) is 19.8 Å². The van der Waals surface area contributed by atoms with Crippen LogP contribution in [0.2, 0.25) is 0 Å². The largest absolute Gasteiger partial charge is 0.481 e. The standard InChI is InChI=1S/C11H18N2O7/c1-3-20-9(16)4-5-13(2)11(19)12-7(10(17)18)6-8(14)15/h7H,3-6H2,1-2H3,(H,12,19)(H,14,15)(H,17,18)/t7-/m1/s1. The van der Waals surface area contributed by atoms with E-state index in [0.717, 1.165) is 4.90 Å². The second kappa shape index (κ2) is 8.73. The third-order valence-corrected chi connectivity index (χ3v) is 2.28. The van der Waals surface area contributed by atoms with Crippen molar-refractivity contribution in [2.24, 2.45) is 0 Å². The Bertz CT molecular complexity index is 383. The Morgan fingerprint density at radius 2 is 1.85 bits per heavy atom. The van der Waals surface area contributed by atoms with E-state index in [9.17, 15) is 19.2 Å². The fourth-order valence-electron chi connectivity index (χ4n) is 1.23. The highest BCUT2D eigenvalue weighted by molar-refractivity contribution is 5.86. The van der Waals surface area contributed by atoms with Gasteiger partial charge in [0.1, 0.15) is 6.04 Å². The number of amides is 2. The summed E-state index contributed by atoms with van der Waals surface area (Å²) in [5.41, 5.74) is 0. The van der Waals surface area contributed by atoms with Crippen LogP contribution in [-0.4, -0.2) is 65.3 Å². The Labute approximate surface area is 115 Å². The maximum Gasteiger partial charge on any atom is 0.326 e. The van der Waals surface area contributed by atoms with E-state index in [0.29, 0.717) is 0 Å². The second-order valence-electron chi connectivity index (χ2n) is 3.91. The van der Waals surface area contributed by atoms with Crippen molar-refractivity contribution in [2.45, 2.75) is 25.8 Å². The van der Waals surface area contributed by atoms with Crippen LogP contribution in [0.3, 0.4) is 0 Å². The fourth-order valence-corrected chi connectivity index (χ4v) is 1.23. The van der Waals surface area contributed by atoms with Gasteiger partial charge >= 0.3 is 23.9 Å².